The van der Waals surface area contributed by atoms with Gasteiger partial charge in [-0.1, -0.05) is 0 Å². The van der Waals surface area contributed by atoms with Crippen LogP contribution in [0.5, 0.6) is 0 Å². The van der Waals surface area contributed by atoms with Crippen molar-refractivity contribution < 1.29 is 4.79 Å². The van der Waals surface area contributed by atoms with E-state index >= 15 is 0 Å². The fourth-order valence-corrected chi connectivity index (χ4v) is 2.80. The van der Waals surface area contributed by atoms with Crippen LogP contribution in [0.25, 0.3) is 0 Å². The van der Waals surface area contributed by atoms with Crippen LogP contribution in [0.15, 0.2) is 0 Å². The molecule has 1 aliphatic heterocycles. The molecule has 3 nitrogen and oxygen atoms in total. The number of hydrogen-bond donors (Lipinski definition) is 2. The second-order valence-corrected chi connectivity index (χ2v) is 6.78. The number of rotatable bonds is 2. The Morgan fingerprint density at radius 1 is 1.31 bits per heavy atom. The quantitative estimate of drug-likeness (QED) is 0.733. The first-order valence-electron chi connectivity index (χ1n) is 5.85. The minimum absolute atomic E-state index is 0.0508. The van der Waals surface area contributed by atoms with Gasteiger partial charge in [0.05, 0.1) is 0 Å². The number of hydrogen-bond acceptors (Lipinski definition) is 2. The third-order valence-corrected chi connectivity index (χ3v) is 3.10. The van der Waals surface area contributed by atoms with Crippen LogP contribution in [0.2, 0.25) is 0 Å². The molecule has 0 bridgehead atoms. The largest absolute Gasteiger partial charge is 0.352 e. The summed E-state index contributed by atoms with van der Waals surface area (Å²) in [5, 5.41) is 6.14. The second kappa shape index (κ2) is 4.53. The maximum Gasteiger partial charge on any atom is 0.237 e. The van der Waals surface area contributed by atoms with Crippen molar-refractivity contribution in [3.05, 3.63) is 0 Å². The Labute approximate surface area is 103 Å². The summed E-state index contributed by atoms with van der Waals surface area (Å²) in [5.41, 5.74) is 0.102. The van der Waals surface area contributed by atoms with Crippen LogP contribution in [0, 0.1) is 0 Å². The minimum atomic E-state index is -0.457. The minimum Gasteiger partial charge on any atom is -0.352 e. The van der Waals surface area contributed by atoms with Crippen molar-refractivity contribution >= 4 is 17.5 Å². The van der Waals surface area contributed by atoms with E-state index in [2.05, 4.69) is 38.3 Å². The SMILES string of the molecule is CC(Cl)C(=O)NC1CC(C)(C)NC(C)(C)C1. The van der Waals surface area contributed by atoms with Gasteiger partial charge in [0.2, 0.25) is 5.91 Å². The zero-order valence-corrected chi connectivity index (χ0v) is 11.6. The maximum absolute atomic E-state index is 11.6. The van der Waals surface area contributed by atoms with E-state index in [-0.39, 0.29) is 23.0 Å². The van der Waals surface area contributed by atoms with Crippen LogP contribution >= 0.6 is 11.6 Å². The summed E-state index contributed by atoms with van der Waals surface area (Å²) in [5.74, 6) is -0.0693. The highest BCUT2D eigenvalue weighted by molar-refractivity contribution is 6.30. The molecule has 0 spiro atoms. The van der Waals surface area contributed by atoms with Gasteiger partial charge in [-0.25, -0.2) is 0 Å². The third kappa shape index (κ3) is 3.95. The molecule has 1 amide bonds. The van der Waals surface area contributed by atoms with E-state index in [9.17, 15) is 4.79 Å². The van der Waals surface area contributed by atoms with E-state index in [4.69, 9.17) is 11.6 Å². The third-order valence-electron chi connectivity index (χ3n) is 2.90. The van der Waals surface area contributed by atoms with Gasteiger partial charge in [0.15, 0.2) is 0 Å². The van der Waals surface area contributed by atoms with Gasteiger partial charge in [0.25, 0.3) is 0 Å². The van der Waals surface area contributed by atoms with Crippen molar-refractivity contribution in [2.45, 2.75) is 70.0 Å². The first-order chi connectivity index (χ1) is 7.11. The van der Waals surface area contributed by atoms with Gasteiger partial charge in [-0.2, -0.15) is 0 Å². The predicted molar refractivity (Wildman–Crippen MR) is 67.8 cm³/mol. The Bertz CT molecular complexity index is 258. The van der Waals surface area contributed by atoms with Crippen LogP contribution in [0.3, 0.4) is 0 Å². The maximum atomic E-state index is 11.6. The molecule has 16 heavy (non-hydrogen) atoms. The average molecular weight is 247 g/mol. The zero-order valence-electron chi connectivity index (χ0n) is 10.9. The van der Waals surface area contributed by atoms with Gasteiger partial charge in [-0.15, -0.1) is 11.6 Å². The molecule has 94 valence electrons. The van der Waals surface area contributed by atoms with Gasteiger partial charge < -0.3 is 10.6 Å². The molecule has 2 N–H and O–H groups in total. The Morgan fingerprint density at radius 3 is 2.12 bits per heavy atom. The number of halogens is 1. The summed E-state index contributed by atoms with van der Waals surface area (Å²) in [6.07, 6.45) is 1.87. The summed E-state index contributed by atoms with van der Waals surface area (Å²) < 4.78 is 0. The molecule has 1 rings (SSSR count). The average Bonchev–Trinajstić information content (AvgIpc) is 1.96. The Hall–Kier alpha value is -0.280. The Kier molecular flexibility index (Phi) is 3.91. The van der Waals surface area contributed by atoms with E-state index < -0.39 is 5.38 Å². The molecule has 1 atom stereocenters. The molecular weight excluding hydrogens is 224 g/mol. The highest BCUT2D eigenvalue weighted by Crippen LogP contribution is 2.28. The first-order valence-corrected chi connectivity index (χ1v) is 6.29. The van der Waals surface area contributed by atoms with Crippen molar-refractivity contribution in [1.29, 1.82) is 0 Å². The lowest BCUT2D eigenvalue weighted by Gasteiger charge is -2.46. The molecule has 4 heteroatoms. The summed E-state index contributed by atoms with van der Waals surface area (Å²) in [6.45, 7) is 10.4. The number of carbonyl (C=O) groups excluding carboxylic acids is 1. The van der Waals surface area contributed by atoms with Crippen molar-refractivity contribution in [3.8, 4) is 0 Å². The summed E-state index contributed by atoms with van der Waals surface area (Å²) in [7, 11) is 0. The Balaban J connectivity index is 2.64. The highest BCUT2D eigenvalue weighted by atomic mass is 35.5. The molecule has 1 unspecified atom stereocenters. The molecular formula is C12H23ClN2O. The number of alkyl halides is 1. The van der Waals surface area contributed by atoms with E-state index in [1.54, 1.807) is 6.92 Å². The number of amides is 1. The van der Waals surface area contributed by atoms with Gasteiger partial charge in [0.1, 0.15) is 5.38 Å². The summed E-state index contributed by atoms with van der Waals surface area (Å²) >= 11 is 5.76. The topological polar surface area (TPSA) is 41.1 Å². The molecule has 1 saturated heterocycles. The zero-order chi connectivity index (χ0) is 12.6. The predicted octanol–water partition coefficient (Wildman–Crippen LogP) is 2.04. The van der Waals surface area contributed by atoms with Gasteiger partial charge in [0, 0.05) is 17.1 Å². The van der Waals surface area contributed by atoms with Crippen LogP contribution in [0.4, 0.5) is 0 Å². The van der Waals surface area contributed by atoms with E-state index in [1.807, 2.05) is 0 Å². The van der Waals surface area contributed by atoms with Gasteiger partial charge >= 0.3 is 0 Å². The molecule has 1 fully saturated rings. The number of nitrogens with one attached hydrogen (secondary N) is 2. The van der Waals surface area contributed by atoms with Gasteiger partial charge in [-0.3, -0.25) is 4.79 Å². The fraction of sp³-hybridized carbons (Fsp3) is 0.917. The number of carbonyl (C=O) groups is 1. The first kappa shape index (κ1) is 13.8. The fourth-order valence-electron chi connectivity index (χ4n) is 2.74. The summed E-state index contributed by atoms with van der Waals surface area (Å²) in [6, 6.07) is 0.208. The lowest BCUT2D eigenvalue weighted by Crippen LogP contribution is -2.62. The molecule has 0 aromatic heterocycles. The smallest absolute Gasteiger partial charge is 0.237 e. The van der Waals surface area contributed by atoms with Crippen LogP contribution in [0.1, 0.15) is 47.5 Å². The van der Waals surface area contributed by atoms with E-state index in [0.29, 0.717) is 0 Å². The standard InChI is InChI=1S/C12H23ClN2O/c1-8(13)10(16)14-9-6-11(2,3)15-12(4,5)7-9/h8-9,15H,6-7H2,1-5H3,(H,14,16). The van der Waals surface area contributed by atoms with Crippen molar-refractivity contribution in [2.75, 3.05) is 0 Å². The molecule has 0 saturated carbocycles. The molecule has 0 radical (unpaired) electrons. The summed E-state index contributed by atoms with van der Waals surface area (Å²) in [4.78, 5) is 11.6. The van der Waals surface area contributed by atoms with E-state index in [1.165, 1.54) is 0 Å². The molecule has 0 aliphatic carbocycles. The van der Waals surface area contributed by atoms with E-state index in [0.717, 1.165) is 12.8 Å². The molecule has 1 heterocycles. The number of piperidine rings is 1. The molecule has 1 aliphatic rings. The highest BCUT2D eigenvalue weighted by Gasteiger charge is 2.38. The lowest BCUT2D eigenvalue weighted by atomic mass is 9.79. The van der Waals surface area contributed by atoms with Crippen LogP contribution in [-0.4, -0.2) is 28.4 Å². The van der Waals surface area contributed by atoms with Gasteiger partial charge in [-0.05, 0) is 47.5 Å². The van der Waals surface area contributed by atoms with Crippen molar-refractivity contribution in [2.24, 2.45) is 0 Å². The van der Waals surface area contributed by atoms with Crippen molar-refractivity contribution in [3.63, 3.8) is 0 Å². The monoisotopic (exact) mass is 246 g/mol. The molecule has 0 aromatic rings. The lowest BCUT2D eigenvalue weighted by molar-refractivity contribution is -0.121. The Morgan fingerprint density at radius 2 is 1.75 bits per heavy atom. The van der Waals surface area contributed by atoms with Crippen LogP contribution < -0.4 is 10.6 Å². The second-order valence-electron chi connectivity index (χ2n) is 6.12. The van der Waals surface area contributed by atoms with Crippen molar-refractivity contribution in [1.82, 2.24) is 10.6 Å². The van der Waals surface area contributed by atoms with Crippen LogP contribution in [-0.2, 0) is 4.79 Å². The normalized spacial score (nSPS) is 26.1. The molecule has 0 aromatic carbocycles.